The summed E-state index contributed by atoms with van der Waals surface area (Å²) in [6, 6.07) is 8.05. The molecule has 2 rings (SSSR count). The van der Waals surface area contributed by atoms with Crippen LogP contribution in [0.25, 0.3) is 5.69 Å². The van der Waals surface area contributed by atoms with E-state index in [9.17, 15) is 0 Å². The standard InChI is InChI=1S/C14H18BrN3/c1-9-5-6-10(7-11(9)15)18-13(16)8-12(17-18)14(2,3)4/h5-8H,16H2,1-4H3. The molecule has 0 atom stereocenters. The van der Waals surface area contributed by atoms with Crippen LogP contribution in [0.5, 0.6) is 0 Å². The lowest BCUT2D eigenvalue weighted by atomic mass is 9.92. The number of halogens is 1. The molecule has 0 aliphatic rings. The molecule has 1 aromatic heterocycles. The molecule has 0 aliphatic heterocycles. The summed E-state index contributed by atoms with van der Waals surface area (Å²) in [5, 5.41) is 4.59. The molecule has 4 heteroatoms. The average Bonchev–Trinajstić information content (AvgIpc) is 2.64. The minimum Gasteiger partial charge on any atom is -0.384 e. The highest BCUT2D eigenvalue weighted by atomic mass is 79.9. The van der Waals surface area contributed by atoms with Gasteiger partial charge in [0.2, 0.25) is 0 Å². The van der Waals surface area contributed by atoms with Crippen LogP contribution in [0, 0.1) is 6.92 Å². The number of hydrogen-bond donors (Lipinski definition) is 1. The zero-order chi connectivity index (χ0) is 13.5. The van der Waals surface area contributed by atoms with Crippen LogP contribution in [-0.2, 0) is 5.41 Å². The van der Waals surface area contributed by atoms with Crippen molar-refractivity contribution in [3.8, 4) is 5.69 Å². The second-order valence-electron chi connectivity index (χ2n) is 5.55. The van der Waals surface area contributed by atoms with Crippen LogP contribution in [0.15, 0.2) is 28.7 Å². The number of nitrogens with two attached hydrogens (primary N) is 1. The van der Waals surface area contributed by atoms with Crippen LogP contribution >= 0.6 is 15.9 Å². The Morgan fingerprint density at radius 1 is 1.22 bits per heavy atom. The Balaban J connectivity index is 2.51. The largest absolute Gasteiger partial charge is 0.384 e. The van der Waals surface area contributed by atoms with Gasteiger partial charge in [0.15, 0.2) is 0 Å². The number of nitrogens with zero attached hydrogens (tertiary/aromatic N) is 2. The van der Waals surface area contributed by atoms with Crippen LogP contribution in [0.3, 0.4) is 0 Å². The highest BCUT2D eigenvalue weighted by Crippen LogP contribution is 2.26. The fraction of sp³-hybridized carbons (Fsp3) is 0.357. The quantitative estimate of drug-likeness (QED) is 0.870. The van der Waals surface area contributed by atoms with Gasteiger partial charge in [0.25, 0.3) is 0 Å². The Hall–Kier alpha value is -1.29. The van der Waals surface area contributed by atoms with Crippen molar-refractivity contribution < 1.29 is 0 Å². The molecule has 1 heterocycles. The topological polar surface area (TPSA) is 43.8 Å². The molecule has 2 N–H and O–H groups in total. The van der Waals surface area contributed by atoms with E-state index < -0.39 is 0 Å². The number of aryl methyl sites for hydroxylation is 1. The lowest BCUT2D eigenvalue weighted by Crippen LogP contribution is -2.12. The molecule has 0 saturated carbocycles. The van der Waals surface area contributed by atoms with Gasteiger partial charge in [0.1, 0.15) is 5.82 Å². The average molecular weight is 308 g/mol. The zero-order valence-electron chi connectivity index (χ0n) is 11.2. The van der Waals surface area contributed by atoms with Crippen molar-refractivity contribution in [2.24, 2.45) is 0 Å². The van der Waals surface area contributed by atoms with Crippen molar-refractivity contribution in [2.75, 3.05) is 5.73 Å². The molecule has 0 amide bonds. The number of rotatable bonds is 1. The fourth-order valence-electron chi connectivity index (χ4n) is 1.68. The van der Waals surface area contributed by atoms with Gasteiger partial charge in [-0.1, -0.05) is 42.8 Å². The summed E-state index contributed by atoms with van der Waals surface area (Å²) < 4.78 is 2.84. The van der Waals surface area contributed by atoms with E-state index in [0.29, 0.717) is 5.82 Å². The predicted molar refractivity (Wildman–Crippen MR) is 79.1 cm³/mol. The van der Waals surface area contributed by atoms with Gasteiger partial charge in [-0.3, -0.25) is 0 Å². The molecule has 0 spiro atoms. The molecule has 2 aromatic rings. The maximum Gasteiger partial charge on any atom is 0.127 e. The lowest BCUT2D eigenvalue weighted by Gasteiger charge is -2.14. The molecule has 3 nitrogen and oxygen atoms in total. The van der Waals surface area contributed by atoms with Gasteiger partial charge >= 0.3 is 0 Å². The van der Waals surface area contributed by atoms with Gasteiger partial charge in [-0.15, -0.1) is 0 Å². The van der Waals surface area contributed by atoms with Gasteiger partial charge in [0.05, 0.1) is 11.4 Å². The second kappa shape index (κ2) is 4.43. The summed E-state index contributed by atoms with van der Waals surface area (Å²) in [5.74, 6) is 0.663. The highest BCUT2D eigenvalue weighted by molar-refractivity contribution is 9.10. The number of anilines is 1. The van der Waals surface area contributed by atoms with E-state index in [1.807, 2.05) is 18.2 Å². The molecular weight excluding hydrogens is 290 g/mol. The molecule has 0 fully saturated rings. The summed E-state index contributed by atoms with van der Waals surface area (Å²) in [5.41, 5.74) is 9.21. The van der Waals surface area contributed by atoms with Gasteiger partial charge in [-0.2, -0.15) is 5.10 Å². The molecule has 96 valence electrons. The van der Waals surface area contributed by atoms with Crippen molar-refractivity contribution in [3.05, 3.63) is 40.0 Å². The Morgan fingerprint density at radius 3 is 2.39 bits per heavy atom. The maximum atomic E-state index is 6.04. The van der Waals surface area contributed by atoms with E-state index in [1.165, 1.54) is 5.56 Å². The SMILES string of the molecule is Cc1ccc(-n2nc(C(C)(C)C)cc2N)cc1Br. The van der Waals surface area contributed by atoms with Crippen LogP contribution < -0.4 is 5.73 Å². The summed E-state index contributed by atoms with van der Waals surface area (Å²) in [7, 11) is 0. The van der Waals surface area contributed by atoms with E-state index in [1.54, 1.807) is 4.68 Å². The Morgan fingerprint density at radius 2 is 1.89 bits per heavy atom. The Kier molecular flexibility index (Phi) is 3.23. The fourth-order valence-corrected chi connectivity index (χ4v) is 2.05. The Labute approximate surface area is 116 Å². The first kappa shape index (κ1) is 13.1. The summed E-state index contributed by atoms with van der Waals surface area (Å²) >= 11 is 3.53. The molecule has 0 unspecified atom stereocenters. The molecule has 1 aromatic carbocycles. The predicted octanol–water partition coefficient (Wildman–Crippen LogP) is 3.82. The minimum absolute atomic E-state index is 0.00129. The number of benzene rings is 1. The first-order chi connectivity index (χ1) is 8.29. The third-order valence-electron chi connectivity index (χ3n) is 2.91. The summed E-state index contributed by atoms with van der Waals surface area (Å²) in [6.07, 6.45) is 0. The first-order valence-corrected chi connectivity index (χ1v) is 6.71. The van der Waals surface area contributed by atoms with E-state index in [0.717, 1.165) is 15.9 Å². The van der Waals surface area contributed by atoms with Crippen molar-refractivity contribution in [1.29, 1.82) is 0 Å². The summed E-state index contributed by atoms with van der Waals surface area (Å²) in [6.45, 7) is 8.44. The van der Waals surface area contributed by atoms with Crippen LogP contribution in [0.4, 0.5) is 5.82 Å². The molecule has 0 radical (unpaired) electrons. The van der Waals surface area contributed by atoms with E-state index >= 15 is 0 Å². The van der Waals surface area contributed by atoms with E-state index in [-0.39, 0.29) is 5.41 Å². The number of aromatic nitrogens is 2. The second-order valence-corrected chi connectivity index (χ2v) is 6.40. The third kappa shape index (κ3) is 2.43. The Bertz CT molecular complexity index is 579. The van der Waals surface area contributed by atoms with Crippen LogP contribution in [-0.4, -0.2) is 9.78 Å². The lowest BCUT2D eigenvalue weighted by molar-refractivity contribution is 0.560. The van der Waals surface area contributed by atoms with E-state index in [2.05, 4.69) is 54.8 Å². The maximum absolute atomic E-state index is 6.04. The molecule has 0 saturated heterocycles. The molecule has 0 bridgehead atoms. The van der Waals surface area contributed by atoms with Gasteiger partial charge in [-0.25, -0.2) is 4.68 Å². The first-order valence-electron chi connectivity index (χ1n) is 5.91. The van der Waals surface area contributed by atoms with Crippen molar-refractivity contribution in [3.63, 3.8) is 0 Å². The summed E-state index contributed by atoms with van der Waals surface area (Å²) in [4.78, 5) is 0. The van der Waals surface area contributed by atoms with E-state index in [4.69, 9.17) is 5.73 Å². The van der Waals surface area contributed by atoms with Gasteiger partial charge in [0, 0.05) is 16.0 Å². The van der Waals surface area contributed by atoms with Crippen molar-refractivity contribution in [2.45, 2.75) is 33.1 Å². The zero-order valence-corrected chi connectivity index (χ0v) is 12.7. The molecule has 18 heavy (non-hydrogen) atoms. The van der Waals surface area contributed by atoms with Crippen LogP contribution in [0.2, 0.25) is 0 Å². The van der Waals surface area contributed by atoms with Crippen molar-refractivity contribution >= 4 is 21.7 Å². The van der Waals surface area contributed by atoms with Gasteiger partial charge < -0.3 is 5.73 Å². The monoisotopic (exact) mass is 307 g/mol. The molecule has 0 aliphatic carbocycles. The highest BCUT2D eigenvalue weighted by Gasteiger charge is 2.19. The van der Waals surface area contributed by atoms with Gasteiger partial charge in [-0.05, 0) is 24.6 Å². The third-order valence-corrected chi connectivity index (χ3v) is 3.76. The minimum atomic E-state index is 0.00129. The van der Waals surface area contributed by atoms with Crippen LogP contribution in [0.1, 0.15) is 32.0 Å². The molecular formula is C14H18BrN3. The smallest absolute Gasteiger partial charge is 0.127 e. The number of hydrogen-bond acceptors (Lipinski definition) is 2. The normalized spacial score (nSPS) is 11.8. The number of nitrogen functional groups attached to an aromatic ring is 1. The van der Waals surface area contributed by atoms with Crippen molar-refractivity contribution in [1.82, 2.24) is 9.78 Å².